The molecule has 1 atom stereocenters. The van der Waals surface area contributed by atoms with Crippen LogP contribution in [0.2, 0.25) is 10.0 Å². The Balaban J connectivity index is 0.00000180. The summed E-state index contributed by atoms with van der Waals surface area (Å²) in [7, 11) is 0. The van der Waals surface area contributed by atoms with Crippen LogP contribution in [-0.4, -0.2) is 18.1 Å². The van der Waals surface area contributed by atoms with Gasteiger partial charge < -0.3 is 11.5 Å². The van der Waals surface area contributed by atoms with Gasteiger partial charge in [-0.15, -0.1) is 12.4 Å². The molecular formula is C11H14Cl3N5. The highest BCUT2D eigenvalue weighted by Crippen LogP contribution is 2.29. The second kappa shape index (κ2) is 6.32. The van der Waals surface area contributed by atoms with Crippen molar-refractivity contribution in [2.45, 2.75) is 19.5 Å². The van der Waals surface area contributed by atoms with Gasteiger partial charge in [0.1, 0.15) is 6.17 Å². The van der Waals surface area contributed by atoms with E-state index in [4.69, 9.17) is 34.7 Å². The molecule has 0 bridgehead atoms. The Morgan fingerprint density at radius 2 is 1.95 bits per heavy atom. The van der Waals surface area contributed by atoms with Crippen LogP contribution in [0.4, 0.5) is 5.69 Å². The number of aliphatic imine (C=N–C) groups is 2. The molecule has 1 heterocycles. The van der Waals surface area contributed by atoms with Gasteiger partial charge in [-0.05, 0) is 24.6 Å². The third kappa shape index (κ3) is 3.23. The quantitative estimate of drug-likeness (QED) is 0.878. The number of guanidine groups is 2. The van der Waals surface area contributed by atoms with E-state index in [9.17, 15) is 0 Å². The zero-order valence-electron chi connectivity index (χ0n) is 10.2. The summed E-state index contributed by atoms with van der Waals surface area (Å²) in [6, 6.07) is 5.25. The fraction of sp³-hybridized carbons (Fsp3) is 0.273. The van der Waals surface area contributed by atoms with Crippen LogP contribution in [-0.2, 0) is 0 Å². The Morgan fingerprint density at radius 1 is 1.26 bits per heavy atom. The zero-order chi connectivity index (χ0) is 13.3. The Bertz CT molecular complexity index is 529. The zero-order valence-corrected chi connectivity index (χ0v) is 12.5. The number of nitrogens with two attached hydrogens (primary N) is 2. The lowest BCUT2D eigenvalue weighted by Crippen LogP contribution is -2.48. The van der Waals surface area contributed by atoms with Crippen molar-refractivity contribution in [3.8, 4) is 0 Å². The molecule has 0 aromatic heterocycles. The van der Waals surface area contributed by atoms with Crippen LogP contribution in [0.1, 0.15) is 13.3 Å². The molecule has 1 aromatic carbocycles. The van der Waals surface area contributed by atoms with E-state index >= 15 is 0 Å². The third-order valence-electron chi connectivity index (χ3n) is 2.60. The number of hydrogen-bond donors (Lipinski definition) is 2. The molecule has 0 spiro atoms. The molecule has 1 aliphatic heterocycles. The van der Waals surface area contributed by atoms with E-state index in [1.54, 1.807) is 17.0 Å². The van der Waals surface area contributed by atoms with Crippen LogP contribution in [0.15, 0.2) is 28.2 Å². The van der Waals surface area contributed by atoms with E-state index in [0.29, 0.717) is 16.0 Å². The Labute approximate surface area is 127 Å². The smallest absolute Gasteiger partial charge is 0.220 e. The molecule has 0 fully saturated rings. The standard InChI is InChI=1S/C11H13Cl2N5.ClH/c1-2-9-16-10(14)17-11(15)18(9)6-3-4-7(12)8(13)5-6;/h3-5,9H,2H2,1H3,(H4,14,15,16,17);1H. The maximum atomic E-state index is 6.00. The second-order valence-corrected chi connectivity index (χ2v) is 4.63. The fourth-order valence-electron chi connectivity index (χ4n) is 1.78. The minimum atomic E-state index is -0.181. The SMILES string of the molecule is CCC1N=C(N)N=C(N)N1c1ccc(Cl)c(Cl)c1.Cl. The summed E-state index contributed by atoms with van der Waals surface area (Å²) in [5.41, 5.74) is 12.3. The highest BCUT2D eigenvalue weighted by atomic mass is 35.5. The van der Waals surface area contributed by atoms with Crippen LogP contribution < -0.4 is 16.4 Å². The van der Waals surface area contributed by atoms with Crippen molar-refractivity contribution in [2.75, 3.05) is 4.90 Å². The first-order chi connectivity index (χ1) is 8.52. The minimum absolute atomic E-state index is 0. The molecule has 0 amide bonds. The molecule has 104 valence electrons. The average molecular weight is 323 g/mol. The lowest BCUT2D eigenvalue weighted by atomic mass is 10.2. The van der Waals surface area contributed by atoms with Gasteiger partial charge in [0.2, 0.25) is 11.9 Å². The fourth-order valence-corrected chi connectivity index (χ4v) is 2.07. The van der Waals surface area contributed by atoms with Crippen LogP contribution in [0.3, 0.4) is 0 Å². The molecule has 0 radical (unpaired) electrons. The summed E-state index contributed by atoms with van der Waals surface area (Å²) in [5.74, 6) is 0.489. The molecule has 1 aromatic rings. The van der Waals surface area contributed by atoms with Crippen molar-refractivity contribution in [3.63, 3.8) is 0 Å². The third-order valence-corrected chi connectivity index (χ3v) is 3.34. The maximum Gasteiger partial charge on any atom is 0.220 e. The van der Waals surface area contributed by atoms with Crippen molar-refractivity contribution in [1.82, 2.24) is 0 Å². The van der Waals surface area contributed by atoms with Gasteiger partial charge in [-0.1, -0.05) is 30.1 Å². The summed E-state index contributed by atoms with van der Waals surface area (Å²) in [6.45, 7) is 1.99. The summed E-state index contributed by atoms with van der Waals surface area (Å²) in [6.07, 6.45) is 0.566. The predicted octanol–water partition coefficient (Wildman–Crippen LogP) is 2.60. The van der Waals surface area contributed by atoms with Gasteiger partial charge in [0, 0.05) is 5.69 Å². The van der Waals surface area contributed by atoms with Crippen LogP contribution in [0, 0.1) is 0 Å². The molecule has 8 heteroatoms. The Hall–Kier alpha value is -1.17. The van der Waals surface area contributed by atoms with Crippen molar-refractivity contribution < 1.29 is 0 Å². The molecule has 5 nitrogen and oxygen atoms in total. The molecule has 2 rings (SSSR count). The van der Waals surface area contributed by atoms with E-state index in [1.807, 2.05) is 13.0 Å². The molecular weight excluding hydrogens is 309 g/mol. The van der Waals surface area contributed by atoms with Gasteiger partial charge in [-0.2, -0.15) is 4.99 Å². The predicted molar refractivity (Wildman–Crippen MR) is 83.5 cm³/mol. The highest BCUT2D eigenvalue weighted by molar-refractivity contribution is 6.42. The molecule has 1 aliphatic rings. The number of anilines is 1. The normalized spacial score (nSPS) is 18.5. The largest absolute Gasteiger partial charge is 0.369 e. The van der Waals surface area contributed by atoms with Gasteiger partial charge in [-0.3, -0.25) is 4.90 Å². The average Bonchev–Trinajstić information content (AvgIpc) is 2.32. The van der Waals surface area contributed by atoms with E-state index in [-0.39, 0.29) is 24.5 Å². The van der Waals surface area contributed by atoms with Gasteiger partial charge >= 0.3 is 0 Å². The lowest BCUT2D eigenvalue weighted by molar-refractivity contribution is 0.660. The van der Waals surface area contributed by atoms with E-state index in [2.05, 4.69) is 9.98 Å². The van der Waals surface area contributed by atoms with Crippen molar-refractivity contribution in [1.29, 1.82) is 0 Å². The van der Waals surface area contributed by atoms with Gasteiger partial charge in [0.05, 0.1) is 10.0 Å². The summed E-state index contributed by atoms with van der Waals surface area (Å²) >= 11 is 11.9. The lowest BCUT2D eigenvalue weighted by Gasteiger charge is -2.32. The van der Waals surface area contributed by atoms with Gasteiger partial charge in [-0.25, -0.2) is 4.99 Å². The number of benzene rings is 1. The van der Waals surface area contributed by atoms with E-state index < -0.39 is 0 Å². The van der Waals surface area contributed by atoms with E-state index in [0.717, 1.165) is 12.1 Å². The minimum Gasteiger partial charge on any atom is -0.369 e. The first-order valence-corrected chi connectivity index (χ1v) is 6.20. The van der Waals surface area contributed by atoms with E-state index in [1.165, 1.54) is 0 Å². The number of hydrogen-bond acceptors (Lipinski definition) is 5. The van der Waals surface area contributed by atoms with Crippen LogP contribution in [0.25, 0.3) is 0 Å². The molecule has 1 unspecified atom stereocenters. The maximum absolute atomic E-state index is 6.00. The first-order valence-electron chi connectivity index (χ1n) is 5.44. The van der Waals surface area contributed by atoms with Crippen LogP contribution in [0.5, 0.6) is 0 Å². The monoisotopic (exact) mass is 321 g/mol. The number of halogens is 3. The second-order valence-electron chi connectivity index (χ2n) is 3.81. The summed E-state index contributed by atoms with van der Waals surface area (Å²) < 4.78 is 0. The van der Waals surface area contributed by atoms with Gasteiger partial charge in [0.15, 0.2) is 0 Å². The molecule has 19 heavy (non-hydrogen) atoms. The Morgan fingerprint density at radius 3 is 2.53 bits per heavy atom. The molecule has 0 saturated carbocycles. The summed E-state index contributed by atoms with van der Waals surface area (Å²) in [4.78, 5) is 9.98. The van der Waals surface area contributed by atoms with Gasteiger partial charge in [0.25, 0.3) is 0 Å². The highest BCUT2D eigenvalue weighted by Gasteiger charge is 2.24. The summed E-state index contributed by atoms with van der Waals surface area (Å²) in [5, 5.41) is 0.948. The number of nitrogens with zero attached hydrogens (tertiary/aromatic N) is 3. The molecule has 0 aliphatic carbocycles. The van der Waals surface area contributed by atoms with Crippen molar-refractivity contribution in [3.05, 3.63) is 28.2 Å². The number of rotatable bonds is 2. The van der Waals surface area contributed by atoms with Crippen LogP contribution >= 0.6 is 35.6 Å². The van der Waals surface area contributed by atoms with Crippen molar-refractivity contribution >= 4 is 53.2 Å². The first kappa shape index (κ1) is 15.9. The Kier molecular flexibility index (Phi) is 5.29. The molecule has 4 N–H and O–H groups in total. The topological polar surface area (TPSA) is 80.0 Å². The molecule has 0 saturated heterocycles. The van der Waals surface area contributed by atoms with Crippen molar-refractivity contribution in [2.24, 2.45) is 21.5 Å².